The number of unbranched alkanes of at least 4 members (excludes halogenated alkanes) is 38. The Kier molecular flexibility index (Phi) is 46.8. The Hall–Kier alpha value is -1.52. The van der Waals surface area contributed by atoms with Crippen LogP contribution in [0.4, 0.5) is 0 Å². The SMILES string of the molecule is CCCCCCCCCCCCCCCCCCCCCCCCC(=O)OC(COC(=O)CCCCCCCCCCCCCCCCCCCC)COP(=O)(O)OCC(N)C(=O)O. The number of esters is 2. The Labute approximate surface area is 393 Å². The molecule has 11 nitrogen and oxygen atoms in total. The van der Waals surface area contributed by atoms with Crippen LogP contribution in [-0.4, -0.2) is 59.9 Å². The molecular formula is C52H102NO10P. The van der Waals surface area contributed by atoms with Crippen LogP contribution in [0.2, 0.25) is 0 Å². The Balaban J connectivity index is 4.15. The van der Waals surface area contributed by atoms with Crippen molar-refractivity contribution in [2.24, 2.45) is 5.73 Å². The van der Waals surface area contributed by atoms with Crippen molar-refractivity contribution in [3.63, 3.8) is 0 Å². The van der Waals surface area contributed by atoms with E-state index in [2.05, 4.69) is 13.8 Å². The highest BCUT2D eigenvalue weighted by Crippen LogP contribution is 2.43. The molecule has 0 aromatic heterocycles. The molecule has 0 aromatic rings. The summed E-state index contributed by atoms with van der Waals surface area (Å²) in [7, 11) is -4.72. The summed E-state index contributed by atoms with van der Waals surface area (Å²) in [6, 6.07) is -1.52. The molecule has 380 valence electrons. The van der Waals surface area contributed by atoms with E-state index in [1.807, 2.05) is 0 Å². The van der Waals surface area contributed by atoms with Crippen molar-refractivity contribution >= 4 is 25.7 Å². The van der Waals surface area contributed by atoms with Gasteiger partial charge in [-0.3, -0.25) is 23.4 Å². The fourth-order valence-corrected chi connectivity index (χ4v) is 8.91. The predicted octanol–water partition coefficient (Wildman–Crippen LogP) is 15.4. The Bertz CT molecular complexity index is 1090. The molecule has 0 aliphatic rings. The summed E-state index contributed by atoms with van der Waals surface area (Å²) in [6.07, 6.45) is 50.2. The normalized spacial score (nSPS) is 13.4. The van der Waals surface area contributed by atoms with Crippen molar-refractivity contribution in [1.82, 2.24) is 0 Å². The van der Waals surface area contributed by atoms with Crippen molar-refractivity contribution in [3.05, 3.63) is 0 Å². The number of aliphatic carboxylic acids is 1. The maximum Gasteiger partial charge on any atom is 0.472 e. The van der Waals surface area contributed by atoms with Crippen LogP contribution in [0.3, 0.4) is 0 Å². The number of carbonyl (C=O) groups is 3. The van der Waals surface area contributed by atoms with Gasteiger partial charge in [0.25, 0.3) is 0 Å². The second-order valence-corrected chi connectivity index (χ2v) is 20.2. The van der Waals surface area contributed by atoms with Gasteiger partial charge in [-0.15, -0.1) is 0 Å². The van der Waals surface area contributed by atoms with Gasteiger partial charge in [-0.25, -0.2) is 4.57 Å². The fraction of sp³-hybridized carbons (Fsp3) is 0.942. The molecule has 3 atom stereocenters. The summed E-state index contributed by atoms with van der Waals surface area (Å²) < 4.78 is 32.9. The van der Waals surface area contributed by atoms with Crippen LogP contribution in [0.25, 0.3) is 0 Å². The maximum absolute atomic E-state index is 12.7. The second kappa shape index (κ2) is 48.0. The van der Waals surface area contributed by atoms with E-state index in [1.54, 1.807) is 0 Å². The van der Waals surface area contributed by atoms with Crippen LogP contribution in [-0.2, 0) is 37.5 Å². The molecule has 0 aliphatic carbocycles. The lowest BCUT2D eigenvalue weighted by molar-refractivity contribution is -0.161. The van der Waals surface area contributed by atoms with Gasteiger partial charge < -0.3 is 25.2 Å². The Morgan fingerprint density at radius 2 is 0.688 bits per heavy atom. The standard InChI is InChI=1S/C52H102NO10P/c1-3-5-7-9-11-13-15-17-19-21-23-24-25-26-28-30-32-34-36-38-40-42-44-51(55)63-48(46-61-64(58,59)62-47-49(53)52(56)57)45-60-50(54)43-41-39-37-35-33-31-29-27-22-20-18-16-14-12-10-8-6-4-2/h48-49H,3-47,53H2,1-2H3,(H,56,57)(H,58,59). The average Bonchev–Trinajstić information content (AvgIpc) is 3.27. The number of carbonyl (C=O) groups excluding carboxylic acids is 2. The molecule has 0 saturated heterocycles. The summed E-state index contributed by atoms with van der Waals surface area (Å²) in [5, 5.41) is 8.93. The van der Waals surface area contributed by atoms with Crippen molar-refractivity contribution in [3.8, 4) is 0 Å². The summed E-state index contributed by atoms with van der Waals surface area (Å²) >= 11 is 0. The van der Waals surface area contributed by atoms with E-state index < -0.39 is 51.1 Å². The molecule has 0 aromatic carbocycles. The highest BCUT2D eigenvalue weighted by molar-refractivity contribution is 7.47. The van der Waals surface area contributed by atoms with E-state index in [1.165, 1.54) is 205 Å². The lowest BCUT2D eigenvalue weighted by atomic mass is 10.0. The molecule has 4 N–H and O–H groups in total. The minimum atomic E-state index is -4.72. The zero-order chi connectivity index (χ0) is 47.0. The summed E-state index contributed by atoms with van der Waals surface area (Å²) in [5.74, 6) is -2.35. The monoisotopic (exact) mass is 932 g/mol. The zero-order valence-electron chi connectivity index (χ0n) is 41.7. The van der Waals surface area contributed by atoms with Crippen molar-refractivity contribution in [2.75, 3.05) is 19.8 Å². The predicted molar refractivity (Wildman–Crippen MR) is 263 cm³/mol. The minimum Gasteiger partial charge on any atom is -0.480 e. The number of phosphoric acid groups is 1. The molecule has 0 fully saturated rings. The Morgan fingerprint density at radius 1 is 0.422 bits per heavy atom. The van der Waals surface area contributed by atoms with Crippen molar-refractivity contribution in [1.29, 1.82) is 0 Å². The third kappa shape index (κ3) is 47.0. The van der Waals surface area contributed by atoms with E-state index in [-0.39, 0.29) is 19.4 Å². The number of phosphoric ester groups is 1. The third-order valence-electron chi connectivity index (χ3n) is 12.4. The van der Waals surface area contributed by atoms with Crippen LogP contribution in [0.5, 0.6) is 0 Å². The van der Waals surface area contributed by atoms with Crippen molar-refractivity contribution in [2.45, 2.75) is 296 Å². The highest BCUT2D eigenvalue weighted by atomic mass is 31.2. The topological polar surface area (TPSA) is 172 Å². The van der Waals surface area contributed by atoms with E-state index in [0.717, 1.165) is 38.5 Å². The molecule has 0 amide bonds. The van der Waals surface area contributed by atoms with Gasteiger partial charge in [0.15, 0.2) is 6.10 Å². The number of ether oxygens (including phenoxy) is 2. The van der Waals surface area contributed by atoms with E-state index in [4.69, 9.17) is 29.4 Å². The van der Waals surface area contributed by atoms with Crippen LogP contribution in [0.15, 0.2) is 0 Å². The van der Waals surface area contributed by atoms with Crippen molar-refractivity contribution < 1.29 is 47.5 Å². The third-order valence-corrected chi connectivity index (χ3v) is 13.3. The van der Waals surface area contributed by atoms with Gasteiger partial charge in [-0.05, 0) is 12.8 Å². The smallest absolute Gasteiger partial charge is 0.472 e. The Morgan fingerprint density at radius 3 is 0.984 bits per heavy atom. The fourth-order valence-electron chi connectivity index (χ4n) is 8.13. The molecule has 3 unspecified atom stereocenters. The minimum absolute atomic E-state index is 0.170. The van der Waals surface area contributed by atoms with E-state index in [9.17, 15) is 23.8 Å². The molecule has 0 saturated carbocycles. The average molecular weight is 932 g/mol. The number of rotatable bonds is 52. The molecule has 0 bridgehead atoms. The van der Waals surface area contributed by atoms with E-state index >= 15 is 0 Å². The highest BCUT2D eigenvalue weighted by Gasteiger charge is 2.28. The summed E-state index contributed by atoms with van der Waals surface area (Å²) in [4.78, 5) is 46.2. The molecule has 0 rings (SSSR count). The van der Waals surface area contributed by atoms with Gasteiger partial charge in [0.2, 0.25) is 0 Å². The largest absolute Gasteiger partial charge is 0.480 e. The van der Waals surface area contributed by atoms with Gasteiger partial charge in [0.1, 0.15) is 12.6 Å². The lowest BCUT2D eigenvalue weighted by Gasteiger charge is -2.20. The first kappa shape index (κ1) is 62.5. The second-order valence-electron chi connectivity index (χ2n) is 18.7. The van der Waals surface area contributed by atoms with Crippen LogP contribution in [0.1, 0.15) is 284 Å². The number of carboxylic acids is 1. The molecule has 0 aliphatic heterocycles. The van der Waals surface area contributed by atoms with Gasteiger partial charge in [0.05, 0.1) is 13.2 Å². The lowest BCUT2D eigenvalue weighted by Crippen LogP contribution is -2.34. The molecule has 64 heavy (non-hydrogen) atoms. The quantitative estimate of drug-likeness (QED) is 0.0301. The summed E-state index contributed by atoms with van der Waals surface area (Å²) in [6.45, 7) is 2.88. The van der Waals surface area contributed by atoms with Crippen LogP contribution < -0.4 is 5.73 Å². The van der Waals surface area contributed by atoms with Crippen LogP contribution in [0, 0.1) is 0 Å². The van der Waals surface area contributed by atoms with Gasteiger partial charge in [-0.2, -0.15) is 0 Å². The first-order valence-electron chi connectivity index (χ1n) is 27.1. The molecule has 0 heterocycles. The van der Waals surface area contributed by atoms with Gasteiger partial charge in [0, 0.05) is 12.8 Å². The zero-order valence-corrected chi connectivity index (χ0v) is 42.6. The van der Waals surface area contributed by atoms with E-state index in [0.29, 0.717) is 12.8 Å². The maximum atomic E-state index is 12.7. The number of nitrogens with two attached hydrogens (primary N) is 1. The van der Waals surface area contributed by atoms with Gasteiger partial charge >= 0.3 is 25.7 Å². The first-order chi connectivity index (χ1) is 31.1. The molecule has 0 radical (unpaired) electrons. The number of hydrogen-bond donors (Lipinski definition) is 3. The summed E-state index contributed by atoms with van der Waals surface area (Å²) in [5.41, 5.74) is 5.36. The van der Waals surface area contributed by atoms with Crippen LogP contribution >= 0.6 is 7.82 Å². The first-order valence-corrected chi connectivity index (χ1v) is 28.6. The van der Waals surface area contributed by atoms with Gasteiger partial charge in [-0.1, -0.05) is 258 Å². The number of carboxylic acid groups (broad SMARTS) is 1. The molecular weight excluding hydrogens is 830 g/mol. The molecule has 12 heteroatoms. The number of hydrogen-bond acceptors (Lipinski definition) is 9. The molecule has 0 spiro atoms.